The topological polar surface area (TPSA) is 0 Å². The Morgan fingerprint density at radius 2 is 2.40 bits per heavy atom. The van der Waals surface area contributed by atoms with Gasteiger partial charge in [-0.15, -0.1) is 11.8 Å². The van der Waals surface area contributed by atoms with Gasteiger partial charge in [0.1, 0.15) is 0 Å². The molecule has 0 aliphatic heterocycles. The molecule has 0 radical (unpaired) electrons. The van der Waals surface area contributed by atoms with E-state index in [1.54, 1.807) is 5.41 Å². The van der Waals surface area contributed by atoms with Gasteiger partial charge in [-0.1, -0.05) is 31.5 Å². The Morgan fingerprint density at radius 1 is 1.70 bits per heavy atom. The van der Waals surface area contributed by atoms with Crippen molar-refractivity contribution in [2.24, 2.45) is 0 Å². The van der Waals surface area contributed by atoms with Gasteiger partial charge in [-0.25, -0.2) is 0 Å². The highest BCUT2D eigenvalue weighted by molar-refractivity contribution is 8.04. The summed E-state index contributed by atoms with van der Waals surface area (Å²) in [5, 5.41) is 4.64. The molecule has 0 spiro atoms. The van der Waals surface area contributed by atoms with Crippen molar-refractivity contribution in [3.8, 4) is 0 Å². The summed E-state index contributed by atoms with van der Waals surface area (Å²) in [6.07, 6.45) is 3.37. The van der Waals surface area contributed by atoms with Crippen LogP contribution in [0.25, 0.3) is 0 Å². The van der Waals surface area contributed by atoms with Crippen LogP contribution in [0.5, 0.6) is 0 Å². The van der Waals surface area contributed by atoms with Crippen LogP contribution in [0.2, 0.25) is 0 Å². The summed E-state index contributed by atoms with van der Waals surface area (Å²) >= 11 is 7.37. The molecular weight excluding hydrogens is 164 g/mol. The predicted octanol–water partition coefficient (Wildman–Crippen LogP) is 4.13. The van der Waals surface area contributed by atoms with Gasteiger partial charge in [0.05, 0.1) is 0 Å². The molecule has 0 aromatic heterocycles. The molecular formula is C8H13ClS. The van der Waals surface area contributed by atoms with E-state index in [4.69, 9.17) is 11.6 Å². The lowest BCUT2D eigenvalue weighted by molar-refractivity contribution is 0.808. The zero-order valence-corrected chi connectivity index (χ0v) is 7.84. The summed E-state index contributed by atoms with van der Waals surface area (Å²) in [6.45, 7) is 5.73. The van der Waals surface area contributed by atoms with Crippen LogP contribution in [-0.4, -0.2) is 0 Å². The van der Waals surface area contributed by atoms with E-state index in [1.807, 2.05) is 5.41 Å². The average molecular weight is 177 g/mol. The van der Waals surface area contributed by atoms with Crippen molar-refractivity contribution in [3.05, 3.63) is 22.4 Å². The molecule has 0 N–H and O–H groups in total. The number of halogens is 1. The first-order valence-corrected chi connectivity index (χ1v) is 4.74. The van der Waals surface area contributed by atoms with Crippen LogP contribution in [0.1, 0.15) is 26.2 Å². The molecule has 0 rings (SSSR count). The van der Waals surface area contributed by atoms with Crippen molar-refractivity contribution >= 4 is 23.4 Å². The van der Waals surface area contributed by atoms with Gasteiger partial charge in [0.2, 0.25) is 0 Å². The van der Waals surface area contributed by atoms with E-state index < -0.39 is 0 Å². The smallest absolute Gasteiger partial charge is 0.0247 e. The molecule has 0 aromatic rings. The molecule has 0 heterocycles. The van der Waals surface area contributed by atoms with Crippen LogP contribution in [-0.2, 0) is 0 Å². The minimum atomic E-state index is 0.937. The minimum absolute atomic E-state index is 0.937. The Bertz CT molecular complexity index is 118. The maximum absolute atomic E-state index is 5.83. The Balaban J connectivity index is 3.38. The lowest BCUT2D eigenvalue weighted by atomic mass is 10.2. The van der Waals surface area contributed by atoms with Crippen molar-refractivity contribution in [2.45, 2.75) is 26.2 Å². The van der Waals surface area contributed by atoms with Crippen LogP contribution >= 0.6 is 23.4 Å². The van der Waals surface area contributed by atoms with Crippen molar-refractivity contribution in [1.29, 1.82) is 0 Å². The van der Waals surface area contributed by atoms with Crippen molar-refractivity contribution in [3.63, 3.8) is 0 Å². The second kappa shape index (κ2) is 7.23. The lowest BCUT2D eigenvalue weighted by Gasteiger charge is -1.93. The van der Waals surface area contributed by atoms with Gasteiger partial charge in [-0.3, -0.25) is 0 Å². The summed E-state index contributed by atoms with van der Waals surface area (Å²) in [5.74, 6) is 0. The molecule has 0 atom stereocenters. The maximum atomic E-state index is 5.83. The highest BCUT2D eigenvalue weighted by Gasteiger charge is 1.89. The molecule has 0 nitrogen and oxygen atoms in total. The van der Waals surface area contributed by atoms with Gasteiger partial charge in [-0.2, -0.15) is 0 Å². The van der Waals surface area contributed by atoms with Crippen LogP contribution < -0.4 is 0 Å². The fourth-order valence-corrected chi connectivity index (χ4v) is 1.18. The third-order valence-electron chi connectivity index (χ3n) is 1.06. The fourth-order valence-electron chi connectivity index (χ4n) is 0.527. The molecule has 0 bridgehead atoms. The van der Waals surface area contributed by atoms with Gasteiger partial charge in [0.25, 0.3) is 0 Å². The van der Waals surface area contributed by atoms with Gasteiger partial charge in [0, 0.05) is 5.03 Å². The first-order valence-electron chi connectivity index (χ1n) is 3.42. The van der Waals surface area contributed by atoms with Crippen LogP contribution in [0, 0.1) is 0 Å². The van der Waals surface area contributed by atoms with Gasteiger partial charge in [0.15, 0.2) is 0 Å². The summed E-state index contributed by atoms with van der Waals surface area (Å²) < 4.78 is 0. The number of hydrogen-bond acceptors (Lipinski definition) is 1. The first kappa shape index (κ1) is 10.1. The van der Waals surface area contributed by atoms with Crippen molar-refractivity contribution < 1.29 is 0 Å². The third kappa shape index (κ3) is 6.24. The Morgan fingerprint density at radius 3 is 2.90 bits per heavy atom. The summed E-state index contributed by atoms with van der Waals surface area (Å²) in [5.41, 5.74) is 0. The molecule has 58 valence electrons. The summed E-state index contributed by atoms with van der Waals surface area (Å²) in [4.78, 5) is 0. The van der Waals surface area contributed by atoms with E-state index >= 15 is 0 Å². The molecule has 0 aliphatic carbocycles. The molecule has 0 aliphatic rings. The lowest BCUT2D eigenvalue weighted by Crippen LogP contribution is -1.71. The largest absolute Gasteiger partial charge is 0.105 e. The minimum Gasteiger partial charge on any atom is -0.105 e. The zero-order valence-electron chi connectivity index (χ0n) is 6.27. The monoisotopic (exact) mass is 176 g/mol. The molecule has 0 amide bonds. The highest BCUT2D eigenvalue weighted by Crippen LogP contribution is 2.16. The number of allylic oxidation sites excluding steroid dienone is 1. The molecule has 0 fully saturated rings. The van der Waals surface area contributed by atoms with Gasteiger partial charge in [-0.05, 0) is 23.7 Å². The van der Waals surface area contributed by atoms with E-state index in [1.165, 1.54) is 24.6 Å². The molecule has 2 heteroatoms. The number of thioether (sulfide) groups is 1. The number of unbranched alkanes of at least 4 members (excludes halogenated alkanes) is 1. The molecule has 0 unspecified atom stereocenters. The standard InChI is InChI=1S/C8H13ClS/c1-3-5-6-8(9)7-10-4-2/h4,7H,2-3,5-6H2,1H3. The molecule has 0 saturated carbocycles. The molecule has 0 aromatic carbocycles. The van der Waals surface area contributed by atoms with Crippen molar-refractivity contribution in [1.82, 2.24) is 0 Å². The average Bonchev–Trinajstić information content (AvgIpc) is 1.97. The normalized spacial score (nSPS) is 11.6. The van der Waals surface area contributed by atoms with Crippen LogP contribution in [0.3, 0.4) is 0 Å². The van der Waals surface area contributed by atoms with E-state index in [2.05, 4.69) is 13.5 Å². The number of hydrogen-bond donors (Lipinski definition) is 0. The highest BCUT2D eigenvalue weighted by atomic mass is 35.5. The Hall–Kier alpha value is 0.120. The van der Waals surface area contributed by atoms with E-state index in [0.29, 0.717) is 0 Å². The number of rotatable bonds is 5. The van der Waals surface area contributed by atoms with E-state index in [-0.39, 0.29) is 0 Å². The van der Waals surface area contributed by atoms with Gasteiger partial charge >= 0.3 is 0 Å². The fraction of sp³-hybridized carbons (Fsp3) is 0.500. The summed E-state index contributed by atoms with van der Waals surface area (Å²) in [7, 11) is 0. The maximum Gasteiger partial charge on any atom is 0.0247 e. The first-order chi connectivity index (χ1) is 4.81. The second-order valence-electron chi connectivity index (χ2n) is 1.97. The third-order valence-corrected chi connectivity index (χ3v) is 2.10. The quantitative estimate of drug-likeness (QED) is 0.607. The van der Waals surface area contributed by atoms with Crippen LogP contribution in [0.4, 0.5) is 0 Å². The van der Waals surface area contributed by atoms with Crippen LogP contribution in [0.15, 0.2) is 22.4 Å². The zero-order chi connectivity index (χ0) is 7.82. The Labute approximate surface area is 72.3 Å². The molecule has 0 saturated heterocycles. The Kier molecular flexibility index (Phi) is 7.32. The predicted molar refractivity (Wildman–Crippen MR) is 51.2 cm³/mol. The summed E-state index contributed by atoms with van der Waals surface area (Å²) in [6, 6.07) is 0. The van der Waals surface area contributed by atoms with E-state index in [9.17, 15) is 0 Å². The van der Waals surface area contributed by atoms with Crippen molar-refractivity contribution in [2.75, 3.05) is 0 Å². The second-order valence-corrected chi connectivity index (χ2v) is 3.30. The van der Waals surface area contributed by atoms with Gasteiger partial charge < -0.3 is 0 Å². The SMILES string of the molecule is C=CSC=C(Cl)CCCC. The molecule has 10 heavy (non-hydrogen) atoms. The van der Waals surface area contributed by atoms with E-state index in [0.717, 1.165) is 11.5 Å².